The number of piperidine rings is 1. The van der Waals surface area contributed by atoms with E-state index < -0.39 is 11.8 Å². The van der Waals surface area contributed by atoms with Crippen LogP contribution in [0.4, 0.5) is 11.5 Å². The minimum absolute atomic E-state index is 0.169. The molecule has 8 nitrogen and oxygen atoms in total. The zero-order valence-electron chi connectivity index (χ0n) is 21.0. The summed E-state index contributed by atoms with van der Waals surface area (Å²) in [5, 5.41) is 2.72. The Labute approximate surface area is 207 Å². The molecule has 0 unspecified atom stereocenters. The molecule has 8 heteroatoms. The number of pyridine rings is 1. The van der Waals surface area contributed by atoms with Crippen molar-refractivity contribution in [2.24, 2.45) is 5.92 Å². The molecule has 3 N–H and O–H groups in total. The first-order valence-corrected chi connectivity index (χ1v) is 12.6. The molecule has 1 aromatic heterocycles. The highest BCUT2D eigenvalue weighted by Crippen LogP contribution is 2.35. The zero-order chi connectivity index (χ0) is 24.9. The molecule has 2 aliphatic heterocycles. The SMILES string of the molecule is CCc1cc(NC(=O)C(=O)N2C[C@@H](C)CC[C@@H]2c2cccc(OC[C@@H]3CCCN3C)c2)cnc1N. The number of nitrogens with two attached hydrogens (primary N) is 1. The Balaban J connectivity index is 1.47. The molecule has 3 atom stereocenters. The molecule has 0 bridgehead atoms. The molecule has 2 saturated heterocycles. The van der Waals surface area contributed by atoms with Crippen LogP contribution in [0.5, 0.6) is 5.75 Å². The molecule has 2 amide bonds. The van der Waals surface area contributed by atoms with Crippen LogP contribution in [0.25, 0.3) is 0 Å². The van der Waals surface area contributed by atoms with Gasteiger partial charge in [-0.2, -0.15) is 0 Å². The van der Waals surface area contributed by atoms with Crippen LogP contribution >= 0.6 is 0 Å². The van der Waals surface area contributed by atoms with Crippen LogP contribution in [-0.2, 0) is 16.0 Å². The number of hydrogen-bond acceptors (Lipinski definition) is 6. The highest BCUT2D eigenvalue weighted by atomic mass is 16.5. The molecule has 0 radical (unpaired) electrons. The fourth-order valence-electron chi connectivity index (χ4n) is 5.10. The van der Waals surface area contributed by atoms with Gasteiger partial charge in [0.15, 0.2) is 0 Å². The molecule has 1 aromatic carbocycles. The number of benzene rings is 1. The lowest BCUT2D eigenvalue weighted by atomic mass is 9.89. The van der Waals surface area contributed by atoms with Gasteiger partial charge in [0, 0.05) is 12.6 Å². The minimum Gasteiger partial charge on any atom is -0.492 e. The number of hydrogen-bond donors (Lipinski definition) is 2. The van der Waals surface area contributed by atoms with Gasteiger partial charge in [0.2, 0.25) is 0 Å². The van der Waals surface area contributed by atoms with Gasteiger partial charge in [0.25, 0.3) is 0 Å². The van der Waals surface area contributed by atoms with Gasteiger partial charge in [-0.3, -0.25) is 9.59 Å². The van der Waals surface area contributed by atoms with E-state index in [0.29, 0.717) is 43.0 Å². The van der Waals surface area contributed by atoms with Crippen LogP contribution in [0.3, 0.4) is 0 Å². The van der Waals surface area contributed by atoms with Crippen molar-refractivity contribution in [3.8, 4) is 5.75 Å². The molecule has 2 fully saturated rings. The number of amides is 2. The Kier molecular flexibility index (Phi) is 7.90. The summed E-state index contributed by atoms with van der Waals surface area (Å²) in [5.41, 5.74) is 8.18. The summed E-state index contributed by atoms with van der Waals surface area (Å²) in [5.74, 6) is 0.372. The maximum Gasteiger partial charge on any atom is 0.313 e. The second-order valence-electron chi connectivity index (χ2n) is 9.89. The lowest BCUT2D eigenvalue weighted by Gasteiger charge is -2.38. The largest absolute Gasteiger partial charge is 0.492 e. The number of likely N-dealkylation sites (N-methyl/N-ethyl adjacent to an activating group) is 1. The quantitative estimate of drug-likeness (QED) is 0.614. The smallest absolute Gasteiger partial charge is 0.313 e. The molecule has 35 heavy (non-hydrogen) atoms. The predicted octanol–water partition coefficient (Wildman–Crippen LogP) is 3.64. The Morgan fingerprint density at radius 3 is 2.80 bits per heavy atom. The second kappa shape index (κ2) is 11.1. The van der Waals surface area contributed by atoms with E-state index in [1.807, 2.05) is 31.2 Å². The zero-order valence-corrected chi connectivity index (χ0v) is 21.0. The van der Waals surface area contributed by atoms with Crippen molar-refractivity contribution >= 4 is 23.3 Å². The number of nitrogens with one attached hydrogen (secondary N) is 1. The minimum atomic E-state index is -0.658. The number of anilines is 2. The maximum atomic E-state index is 13.3. The van der Waals surface area contributed by atoms with E-state index in [1.165, 1.54) is 12.6 Å². The van der Waals surface area contributed by atoms with Crippen LogP contribution in [0.15, 0.2) is 36.5 Å². The van der Waals surface area contributed by atoms with E-state index in [2.05, 4.69) is 29.2 Å². The highest BCUT2D eigenvalue weighted by Gasteiger charge is 2.34. The number of likely N-dealkylation sites (tertiary alicyclic amines) is 2. The summed E-state index contributed by atoms with van der Waals surface area (Å²) < 4.78 is 6.13. The van der Waals surface area contributed by atoms with Crippen LogP contribution in [-0.4, -0.2) is 59.4 Å². The first-order chi connectivity index (χ1) is 16.9. The van der Waals surface area contributed by atoms with Crippen LogP contribution in [0, 0.1) is 5.92 Å². The Morgan fingerprint density at radius 1 is 1.23 bits per heavy atom. The third-order valence-corrected chi connectivity index (χ3v) is 7.27. The summed E-state index contributed by atoms with van der Waals surface area (Å²) in [6.07, 6.45) is 6.33. The number of nitrogens with zero attached hydrogens (tertiary/aromatic N) is 3. The number of nitrogen functional groups attached to an aromatic ring is 1. The van der Waals surface area contributed by atoms with E-state index in [4.69, 9.17) is 10.5 Å². The average Bonchev–Trinajstić information content (AvgIpc) is 3.28. The molecule has 4 rings (SSSR count). The van der Waals surface area contributed by atoms with Crippen molar-refractivity contribution in [2.75, 3.05) is 37.8 Å². The van der Waals surface area contributed by atoms with Gasteiger partial charge in [-0.25, -0.2) is 4.98 Å². The molecule has 2 aromatic rings. The number of aryl methyl sites for hydroxylation is 1. The molecule has 0 spiro atoms. The van der Waals surface area contributed by atoms with Gasteiger partial charge in [-0.1, -0.05) is 26.0 Å². The van der Waals surface area contributed by atoms with E-state index in [9.17, 15) is 9.59 Å². The maximum absolute atomic E-state index is 13.3. The average molecular weight is 480 g/mol. The van der Waals surface area contributed by atoms with Crippen LogP contribution in [0.1, 0.15) is 56.7 Å². The van der Waals surface area contributed by atoms with Gasteiger partial charge in [-0.05, 0) is 80.9 Å². The van der Waals surface area contributed by atoms with E-state index >= 15 is 0 Å². The third-order valence-electron chi connectivity index (χ3n) is 7.27. The monoisotopic (exact) mass is 479 g/mol. The predicted molar refractivity (Wildman–Crippen MR) is 137 cm³/mol. The van der Waals surface area contributed by atoms with E-state index in [0.717, 1.165) is 42.7 Å². The molecule has 2 aliphatic rings. The van der Waals surface area contributed by atoms with E-state index in [1.54, 1.807) is 11.0 Å². The van der Waals surface area contributed by atoms with Crippen molar-refractivity contribution in [3.05, 3.63) is 47.7 Å². The number of rotatable bonds is 6. The van der Waals surface area contributed by atoms with Crippen molar-refractivity contribution in [2.45, 2.75) is 58.0 Å². The van der Waals surface area contributed by atoms with Gasteiger partial charge in [-0.15, -0.1) is 0 Å². The van der Waals surface area contributed by atoms with Crippen molar-refractivity contribution in [1.29, 1.82) is 0 Å². The molecular weight excluding hydrogens is 442 g/mol. The Hall–Kier alpha value is -3.13. The molecule has 0 saturated carbocycles. The number of carbonyl (C=O) groups excluding carboxylic acids is 2. The van der Waals surface area contributed by atoms with Gasteiger partial charge < -0.3 is 25.6 Å². The summed E-state index contributed by atoms with van der Waals surface area (Å²) in [7, 11) is 2.14. The summed E-state index contributed by atoms with van der Waals surface area (Å²) in [6, 6.07) is 10.0. The highest BCUT2D eigenvalue weighted by molar-refractivity contribution is 6.39. The van der Waals surface area contributed by atoms with Crippen molar-refractivity contribution in [3.63, 3.8) is 0 Å². The molecular formula is C27H37N5O3. The standard InChI is InChI=1S/C27H37N5O3/c1-4-19-13-21(15-29-25(19)28)30-26(33)27(34)32-16-18(2)10-11-24(32)20-7-5-9-23(14-20)35-17-22-8-6-12-31(22)3/h5,7,9,13-15,18,22,24H,4,6,8,10-12,16-17H2,1-3H3,(H2,28,29)(H,30,33)/t18-,22-,24+/m0/s1. The second-order valence-corrected chi connectivity index (χ2v) is 9.89. The first-order valence-electron chi connectivity index (χ1n) is 12.6. The van der Waals surface area contributed by atoms with Crippen molar-refractivity contribution < 1.29 is 14.3 Å². The normalized spacial score (nSPS) is 22.7. The van der Waals surface area contributed by atoms with Gasteiger partial charge in [0.05, 0.1) is 17.9 Å². The van der Waals surface area contributed by atoms with Crippen LogP contribution in [0.2, 0.25) is 0 Å². The van der Waals surface area contributed by atoms with E-state index in [-0.39, 0.29) is 6.04 Å². The summed E-state index contributed by atoms with van der Waals surface area (Å²) >= 11 is 0. The van der Waals surface area contributed by atoms with Crippen molar-refractivity contribution in [1.82, 2.24) is 14.8 Å². The fraction of sp³-hybridized carbons (Fsp3) is 0.519. The lowest BCUT2D eigenvalue weighted by molar-refractivity contribution is -0.146. The first kappa shape index (κ1) is 25.0. The van der Waals surface area contributed by atoms with Gasteiger partial charge in [0.1, 0.15) is 18.2 Å². The molecule has 188 valence electrons. The fourth-order valence-corrected chi connectivity index (χ4v) is 5.10. The topological polar surface area (TPSA) is 101 Å². The van der Waals surface area contributed by atoms with Gasteiger partial charge >= 0.3 is 11.8 Å². The van der Waals surface area contributed by atoms with Crippen LogP contribution < -0.4 is 15.8 Å². The molecule has 3 heterocycles. The summed E-state index contributed by atoms with van der Waals surface area (Å²) in [4.78, 5) is 34.4. The lowest BCUT2D eigenvalue weighted by Crippen LogP contribution is -2.46. The number of ether oxygens (including phenoxy) is 1. The number of carbonyl (C=O) groups is 2. The Morgan fingerprint density at radius 2 is 2.06 bits per heavy atom. The third kappa shape index (κ3) is 5.93. The molecule has 0 aliphatic carbocycles. The summed E-state index contributed by atoms with van der Waals surface area (Å²) in [6.45, 7) is 6.38. The number of aromatic nitrogens is 1. The Bertz CT molecular complexity index is 1060.